The zero-order chi connectivity index (χ0) is 10.7. The van der Waals surface area contributed by atoms with Crippen molar-refractivity contribution in [1.29, 1.82) is 0 Å². The predicted octanol–water partition coefficient (Wildman–Crippen LogP) is 1.87. The van der Waals surface area contributed by atoms with Gasteiger partial charge in [-0.3, -0.25) is 10.1 Å². The van der Waals surface area contributed by atoms with E-state index in [0.717, 1.165) is 18.3 Å². The van der Waals surface area contributed by atoms with E-state index in [-0.39, 0.29) is 21.5 Å². The first kappa shape index (κ1) is 10.5. The predicted molar refractivity (Wildman–Crippen MR) is 51.8 cm³/mol. The molecule has 7 heteroatoms. The van der Waals surface area contributed by atoms with Gasteiger partial charge in [-0.1, -0.05) is 5.16 Å². The third-order valence-corrected chi connectivity index (χ3v) is 2.09. The summed E-state index contributed by atoms with van der Waals surface area (Å²) in [7, 11) is 0. The van der Waals surface area contributed by atoms with Gasteiger partial charge in [-0.2, -0.15) is 0 Å². The molecule has 0 aliphatic heterocycles. The van der Waals surface area contributed by atoms with Crippen LogP contribution in [0.2, 0.25) is 0 Å². The van der Waals surface area contributed by atoms with Gasteiger partial charge in [0, 0.05) is 17.7 Å². The minimum absolute atomic E-state index is 0.0635. The summed E-state index contributed by atoms with van der Waals surface area (Å²) in [5, 5.41) is 30.7. The van der Waals surface area contributed by atoms with Crippen molar-refractivity contribution in [3.05, 3.63) is 32.3 Å². The van der Waals surface area contributed by atoms with Crippen molar-refractivity contribution in [1.82, 2.24) is 0 Å². The zero-order valence-electron chi connectivity index (χ0n) is 6.72. The number of phenolic OH excluding ortho intramolecular Hbond substituents is 1. The Morgan fingerprint density at radius 1 is 1.57 bits per heavy atom. The van der Waals surface area contributed by atoms with E-state index in [1.165, 1.54) is 0 Å². The number of hydrogen-bond acceptors (Lipinski definition) is 5. The average molecular weight is 261 g/mol. The second-order valence-corrected chi connectivity index (χ2v) is 3.22. The first-order valence-electron chi connectivity index (χ1n) is 3.40. The Balaban J connectivity index is 3.35. The SMILES string of the molecule is O=[N+]([O-])c1cc(Br)c(O)c(C=NO)c1. The van der Waals surface area contributed by atoms with Crippen LogP contribution in [0.5, 0.6) is 5.75 Å². The molecule has 6 nitrogen and oxygen atoms in total. The Morgan fingerprint density at radius 3 is 2.71 bits per heavy atom. The van der Waals surface area contributed by atoms with Crippen LogP contribution in [-0.2, 0) is 0 Å². The first-order valence-corrected chi connectivity index (χ1v) is 4.20. The third kappa shape index (κ3) is 1.99. The fraction of sp³-hybridized carbons (Fsp3) is 0. The summed E-state index contributed by atoms with van der Waals surface area (Å²) in [6, 6.07) is 2.25. The summed E-state index contributed by atoms with van der Waals surface area (Å²) in [6.07, 6.45) is 0.910. The minimum atomic E-state index is -0.612. The van der Waals surface area contributed by atoms with Crippen LogP contribution in [-0.4, -0.2) is 21.5 Å². The molecule has 0 fully saturated rings. The van der Waals surface area contributed by atoms with Crippen LogP contribution in [0.15, 0.2) is 21.8 Å². The molecular formula is C7H5BrN2O4. The lowest BCUT2D eigenvalue weighted by Gasteiger charge is -2.00. The quantitative estimate of drug-likeness (QED) is 0.367. The highest BCUT2D eigenvalue weighted by atomic mass is 79.9. The molecule has 0 saturated heterocycles. The van der Waals surface area contributed by atoms with Gasteiger partial charge in [-0.25, -0.2) is 0 Å². The average Bonchev–Trinajstić information content (AvgIpc) is 2.12. The lowest BCUT2D eigenvalue weighted by molar-refractivity contribution is -0.385. The van der Waals surface area contributed by atoms with Crippen molar-refractivity contribution in [3.63, 3.8) is 0 Å². The lowest BCUT2D eigenvalue weighted by atomic mass is 10.2. The molecule has 0 unspecified atom stereocenters. The number of hydrogen-bond donors (Lipinski definition) is 2. The van der Waals surface area contributed by atoms with E-state index in [1.54, 1.807) is 0 Å². The summed E-state index contributed by atoms with van der Waals surface area (Å²) in [6.45, 7) is 0. The topological polar surface area (TPSA) is 96.0 Å². The molecule has 0 radical (unpaired) electrons. The van der Waals surface area contributed by atoms with Crippen LogP contribution < -0.4 is 0 Å². The molecule has 0 saturated carbocycles. The summed E-state index contributed by atoms with van der Waals surface area (Å²) >= 11 is 2.94. The van der Waals surface area contributed by atoms with E-state index in [0.29, 0.717) is 0 Å². The van der Waals surface area contributed by atoms with E-state index in [2.05, 4.69) is 21.1 Å². The maximum atomic E-state index is 10.4. The number of halogens is 1. The molecule has 0 spiro atoms. The zero-order valence-corrected chi connectivity index (χ0v) is 8.30. The van der Waals surface area contributed by atoms with E-state index in [4.69, 9.17) is 5.21 Å². The number of nitrogens with zero attached hydrogens (tertiary/aromatic N) is 2. The number of nitro groups is 1. The molecule has 0 amide bonds. The summed E-state index contributed by atoms with van der Waals surface area (Å²) in [5.41, 5.74) is -0.141. The molecule has 1 aromatic rings. The number of non-ortho nitro benzene ring substituents is 1. The maximum absolute atomic E-state index is 10.4. The number of aromatic hydroxyl groups is 1. The number of benzene rings is 1. The Morgan fingerprint density at radius 2 is 2.21 bits per heavy atom. The van der Waals surface area contributed by atoms with Crippen molar-refractivity contribution in [2.24, 2.45) is 5.16 Å². The molecule has 0 atom stereocenters. The first-order chi connectivity index (χ1) is 6.56. The van der Waals surface area contributed by atoms with Gasteiger partial charge in [0.25, 0.3) is 5.69 Å². The summed E-state index contributed by atoms with van der Waals surface area (Å²) < 4.78 is 0.168. The second-order valence-electron chi connectivity index (χ2n) is 2.37. The van der Waals surface area contributed by atoms with Crippen LogP contribution in [0.25, 0.3) is 0 Å². The monoisotopic (exact) mass is 260 g/mol. The molecule has 0 aliphatic rings. The molecule has 2 N–H and O–H groups in total. The highest BCUT2D eigenvalue weighted by Crippen LogP contribution is 2.31. The molecule has 0 bridgehead atoms. The molecule has 1 rings (SSSR count). The van der Waals surface area contributed by atoms with E-state index < -0.39 is 4.92 Å². The molecule has 74 valence electrons. The van der Waals surface area contributed by atoms with Gasteiger partial charge in [0.1, 0.15) is 5.75 Å². The molecule has 1 aromatic carbocycles. The Labute approximate surface area is 86.8 Å². The molecule has 0 aliphatic carbocycles. The van der Waals surface area contributed by atoms with Crippen molar-refractivity contribution in [2.45, 2.75) is 0 Å². The number of rotatable bonds is 2. The third-order valence-electron chi connectivity index (χ3n) is 1.49. The van der Waals surface area contributed by atoms with Gasteiger partial charge in [0.15, 0.2) is 0 Å². The van der Waals surface area contributed by atoms with Gasteiger partial charge < -0.3 is 10.3 Å². The fourth-order valence-corrected chi connectivity index (χ4v) is 1.33. The highest BCUT2D eigenvalue weighted by molar-refractivity contribution is 9.10. The van der Waals surface area contributed by atoms with Crippen molar-refractivity contribution in [3.8, 4) is 5.75 Å². The van der Waals surface area contributed by atoms with E-state index in [9.17, 15) is 15.2 Å². The number of phenols is 1. The van der Waals surface area contributed by atoms with Gasteiger partial charge in [0.2, 0.25) is 0 Å². The molecule has 0 aromatic heterocycles. The van der Waals surface area contributed by atoms with Crippen molar-refractivity contribution >= 4 is 27.8 Å². The second kappa shape index (κ2) is 4.05. The Bertz CT molecular complexity index is 405. The normalized spacial score (nSPS) is 10.6. The summed E-state index contributed by atoms with van der Waals surface area (Å²) in [4.78, 5) is 9.80. The highest BCUT2D eigenvalue weighted by Gasteiger charge is 2.13. The summed E-state index contributed by atoms with van der Waals surface area (Å²) in [5.74, 6) is -0.214. The van der Waals surface area contributed by atoms with Crippen LogP contribution in [0.4, 0.5) is 5.69 Å². The number of oxime groups is 1. The van der Waals surface area contributed by atoms with E-state index >= 15 is 0 Å². The smallest absolute Gasteiger partial charge is 0.271 e. The number of nitro benzene ring substituents is 1. The minimum Gasteiger partial charge on any atom is -0.506 e. The Hall–Kier alpha value is -1.63. The largest absolute Gasteiger partial charge is 0.506 e. The van der Waals surface area contributed by atoms with Crippen LogP contribution in [0.1, 0.15) is 5.56 Å². The van der Waals surface area contributed by atoms with Crippen LogP contribution >= 0.6 is 15.9 Å². The van der Waals surface area contributed by atoms with Crippen LogP contribution in [0, 0.1) is 10.1 Å². The molecule has 14 heavy (non-hydrogen) atoms. The lowest BCUT2D eigenvalue weighted by Crippen LogP contribution is -1.91. The van der Waals surface area contributed by atoms with E-state index in [1.807, 2.05) is 0 Å². The van der Waals surface area contributed by atoms with Crippen molar-refractivity contribution < 1.29 is 15.2 Å². The fourth-order valence-electron chi connectivity index (χ4n) is 0.871. The van der Waals surface area contributed by atoms with Crippen LogP contribution in [0.3, 0.4) is 0 Å². The van der Waals surface area contributed by atoms with Gasteiger partial charge in [-0.15, -0.1) is 0 Å². The van der Waals surface area contributed by atoms with Gasteiger partial charge >= 0.3 is 0 Å². The van der Waals surface area contributed by atoms with Crippen molar-refractivity contribution in [2.75, 3.05) is 0 Å². The standard InChI is InChI=1S/C7H5BrN2O4/c8-6-2-5(10(13)14)1-4(3-9-12)7(6)11/h1-3,11-12H. The van der Waals surface area contributed by atoms with Gasteiger partial charge in [-0.05, 0) is 15.9 Å². The Kier molecular flexibility index (Phi) is 3.03. The molecule has 0 heterocycles. The maximum Gasteiger partial charge on any atom is 0.271 e. The molecular weight excluding hydrogens is 256 g/mol. The van der Waals surface area contributed by atoms with Gasteiger partial charge in [0.05, 0.1) is 15.6 Å².